The normalized spacial score (nSPS) is 10.5. The molecule has 2 heteroatoms. The predicted molar refractivity (Wildman–Crippen MR) is 80.5 cm³/mol. The van der Waals surface area contributed by atoms with Gasteiger partial charge in [-0.15, -0.1) is 0 Å². The second-order valence-corrected chi connectivity index (χ2v) is 4.62. The minimum Gasteiger partial charge on any atom is -0.493 e. The summed E-state index contributed by atoms with van der Waals surface area (Å²) < 4.78 is 5.74. The van der Waals surface area contributed by atoms with Crippen LogP contribution in [0.1, 0.15) is 18.1 Å². The van der Waals surface area contributed by atoms with Gasteiger partial charge in [-0.1, -0.05) is 42.0 Å². The summed E-state index contributed by atoms with van der Waals surface area (Å²) >= 11 is 0. The highest BCUT2D eigenvalue weighted by molar-refractivity contribution is 5.74. The van der Waals surface area contributed by atoms with E-state index in [1.807, 2.05) is 26.1 Å². The fourth-order valence-electron chi connectivity index (χ4n) is 2.26. The molecule has 2 aromatic carbocycles. The first-order valence-corrected chi connectivity index (χ1v) is 6.72. The molecule has 0 aliphatic rings. The number of hydrogen-bond donors (Lipinski definition) is 1. The van der Waals surface area contributed by atoms with E-state index in [1.54, 1.807) is 0 Å². The Labute approximate surface area is 115 Å². The van der Waals surface area contributed by atoms with Crippen molar-refractivity contribution < 1.29 is 4.74 Å². The molecule has 19 heavy (non-hydrogen) atoms. The molecule has 0 bridgehead atoms. The quantitative estimate of drug-likeness (QED) is 0.878. The molecular formula is C17H21NO. The Morgan fingerprint density at radius 3 is 2.58 bits per heavy atom. The fraction of sp³-hybridized carbons (Fsp3) is 0.294. The van der Waals surface area contributed by atoms with Crippen LogP contribution in [-0.2, 0) is 6.54 Å². The van der Waals surface area contributed by atoms with Crippen molar-refractivity contribution in [1.82, 2.24) is 5.32 Å². The van der Waals surface area contributed by atoms with Gasteiger partial charge in [0.05, 0.1) is 6.61 Å². The Kier molecular flexibility index (Phi) is 4.58. The molecule has 2 aromatic rings. The lowest BCUT2D eigenvalue weighted by Gasteiger charge is -2.14. The van der Waals surface area contributed by atoms with Crippen LogP contribution in [0.2, 0.25) is 0 Å². The van der Waals surface area contributed by atoms with Gasteiger partial charge in [-0.2, -0.15) is 0 Å². The average molecular weight is 255 g/mol. The average Bonchev–Trinajstić information content (AvgIpc) is 2.42. The summed E-state index contributed by atoms with van der Waals surface area (Å²) in [5, 5.41) is 3.22. The molecule has 2 rings (SSSR count). The topological polar surface area (TPSA) is 21.3 Å². The molecule has 0 saturated carbocycles. The van der Waals surface area contributed by atoms with E-state index in [0.29, 0.717) is 6.61 Å². The molecule has 0 aliphatic carbocycles. The van der Waals surface area contributed by atoms with Gasteiger partial charge >= 0.3 is 0 Å². The number of rotatable bonds is 5. The van der Waals surface area contributed by atoms with Crippen LogP contribution in [0.15, 0.2) is 42.5 Å². The van der Waals surface area contributed by atoms with Gasteiger partial charge in [-0.05, 0) is 38.1 Å². The number of hydrogen-bond acceptors (Lipinski definition) is 2. The maximum absolute atomic E-state index is 5.74. The lowest BCUT2D eigenvalue weighted by molar-refractivity contribution is 0.341. The Hall–Kier alpha value is -1.80. The third-order valence-corrected chi connectivity index (χ3v) is 3.11. The standard InChI is InChI=1S/C17H21NO/c1-4-19-17-8-6-5-7-15(17)16-11-13(2)9-10-14(16)12-18-3/h5-11,18H,4,12H2,1-3H3. The SMILES string of the molecule is CCOc1ccccc1-c1cc(C)ccc1CNC. The van der Waals surface area contributed by atoms with Gasteiger partial charge in [0.15, 0.2) is 0 Å². The van der Waals surface area contributed by atoms with E-state index in [-0.39, 0.29) is 0 Å². The van der Waals surface area contributed by atoms with Crippen LogP contribution in [0.4, 0.5) is 0 Å². The summed E-state index contributed by atoms with van der Waals surface area (Å²) in [6.07, 6.45) is 0. The highest BCUT2D eigenvalue weighted by atomic mass is 16.5. The molecular weight excluding hydrogens is 234 g/mol. The van der Waals surface area contributed by atoms with E-state index < -0.39 is 0 Å². The first-order chi connectivity index (χ1) is 9.26. The van der Waals surface area contributed by atoms with E-state index in [0.717, 1.165) is 12.3 Å². The van der Waals surface area contributed by atoms with Crippen LogP contribution in [0.3, 0.4) is 0 Å². The third-order valence-electron chi connectivity index (χ3n) is 3.11. The van der Waals surface area contributed by atoms with Gasteiger partial charge in [0, 0.05) is 12.1 Å². The smallest absolute Gasteiger partial charge is 0.127 e. The lowest BCUT2D eigenvalue weighted by Crippen LogP contribution is -2.07. The number of para-hydroxylation sites is 1. The van der Waals surface area contributed by atoms with Gasteiger partial charge in [0.25, 0.3) is 0 Å². The highest BCUT2D eigenvalue weighted by Gasteiger charge is 2.10. The first-order valence-electron chi connectivity index (χ1n) is 6.72. The number of benzene rings is 2. The lowest BCUT2D eigenvalue weighted by atomic mass is 9.97. The van der Waals surface area contributed by atoms with Gasteiger partial charge in [-0.25, -0.2) is 0 Å². The zero-order valence-electron chi connectivity index (χ0n) is 11.9. The molecule has 0 saturated heterocycles. The Morgan fingerprint density at radius 2 is 1.84 bits per heavy atom. The van der Waals surface area contributed by atoms with Gasteiger partial charge in [0.2, 0.25) is 0 Å². The molecule has 0 aromatic heterocycles. The molecule has 0 heterocycles. The summed E-state index contributed by atoms with van der Waals surface area (Å²) in [7, 11) is 1.97. The van der Waals surface area contributed by atoms with Crippen molar-refractivity contribution >= 4 is 0 Å². The molecule has 0 unspecified atom stereocenters. The zero-order valence-corrected chi connectivity index (χ0v) is 11.9. The van der Waals surface area contributed by atoms with Crippen LogP contribution in [0.25, 0.3) is 11.1 Å². The molecule has 0 aliphatic heterocycles. The largest absolute Gasteiger partial charge is 0.493 e. The van der Waals surface area contributed by atoms with Crippen molar-refractivity contribution in [2.75, 3.05) is 13.7 Å². The van der Waals surface area contributed by atoms with E-state index >= 15 is 0 Å². The Bertz CT molecular complexity index is 549. The summed E-state index contributed by atoms with van der Waals surface area (Å²) in [5.74, 6) is 0.952. The predicted octanol–water partition coefficient (Wildman–Crippen LogP) is 3.78. The monoisotopic (exact) mass is 255 g/mol. The summed E-state index contributed by atoms with van der Waals surface area (Å²) in [4.78, 5) is 0. The van der Waals surface area contributed by atoms with E-state index in [9.17, 15) is 0 Å². The molecule has 0 atom stereocenters. The second-order valence-electron chi connectivity index (χ2n) is 4.62. The minimum absolute atomic E-state index is 0.685. The number of aryl methyl sites for hydroxylation is 1. The highest BCUT2D eigenvalue weighted by Crippen LogP contribution is 2.33. The van der Waals surface area contributed by atoms with Crippen molar-refractivity contribution in [3.8, 4) is 16.9 Å². The Morgan fingerprint density at radius 1 is 1.05 bits per heavy atom. The molecule has 0 amide bonds. The van der Waals surface area contributed by atoms with Crippen molar-refractivity contribution in [1.29, 1.82) is 0 Å². The van der Waals surface area contributed by atoms with Crippen LogP contribution in [0, 0.1) is 6.92 Å². The molecule has 100 valence electrons. The molecule has 0 spiro atoms. The minimum atomic E-state index is 0.685. The zero-order chi connectivity index (χ0) is 13.7. The number of ether oxygens (including phenoxy) is 1. The van der Waals surface area contributed by atoms with Gasteiger partial charge in [0.1, 0.15) is 5.75 Å². The van der Waals surface area contributed by atoms with Gasteiger partial charge < -0.3 is 10.1 Å². The number of nitrogens with one attached hydrogen (secondary N) is 1. The molecule has 1 N–H and O–H groups in total. The maximum atomic E-state index is 5.74. The van der Waals surface area contributed by atoms with Crippen molar-refractivity contribution in [3.05, 3.63) is 53.6 Å². The van der Waals surface area contributed by atoms with Crippen LogP contribution >= 0.6 is 0 Å². The van der Waals surface area contributed by atoms with E-state index in [1.165, 1.54) is 22.3 Å². The van der Waals surface area contributed by atoms with Crippen LogP contribution < -0.4 is 10.1 Å². The van der Waals surface area contributed by atoms with Crippen molar-refractivity contribution in [2.45, 2.75) is 20.4 Å². The maximum Gasteiger partial charge on any atom is 0.127 e. The third kappa shape index (κ3) is 3.15. The van der Waals surface area contributed by atoms with Crippen molar-refractivity contribution in [3.63, 3.8) is 0 Å². The van der Waals surface area contributed by atoms with Crippen LogP contribution in [0.5, 0.6) is 5.75 Å². The van der Waals surface area contributed by atoms with Crippen LogP contribution in [-0.4, -0.2) is 13.7 Å². The van der Waals surface area contributed by atoms with E-state index in [4.69, 9.17) is 4.74 Å². The fourth-order valence-corrected chi connectivity index (χ4v) is 2.26. The summed E-state index contributed by atoms with van der Waals surface area (Å²) in [6, 6.07) is 14.8. The summed E-state index contributed by atoms with van der Waals surface area (Å²) in [5.41, 5.74) is 4.97. The summed E-state index contributed by atoms with van der Waals surface area (Å²) in [6.45, 7) is 5.68. The molecule has 2 nitrogen and oxygen atoms in total. The molecule has 0 radical (unpaired) electrons. The second kappa shape index (κ2) is 6.39. The van der Waals surface area contributed by atoms with Crippen molar-refractivity contribution in [2.24, 2.45) is 0 Å². The Balaban J connectivity index is 2.53. The van der Waals surface area contributed by atoms with Gasteiger partial charge in [-0.3, -0.25) is 0 Å². The first kappa shape index (κ1) is 13.6. The molecule has 0 fully saturated rings. The van der Waals surface area contributed by atoms with E-state index in [2.05, 4.69) is 42.6 Å².